The molecular formula is C68H130O6. The van der Waals surface area contributed by atoms with Crippen molar-refractivity contribution in [2.45, 2.75) is 393 Å². The van der Waals surface area contributed by atoms with Crippen LogP contribution in [0.1, 0.15) is 387 Å². The molecule has 0 heterocycles. The van der Waals surface area contributed by atoms with E-state index in [-0.39, 0.29) is 31.1 Å². The molecule has 0 N–H and O–H groups in total. The van der Waals surface area contributed by atoms with E-state index in [0.29, 0.717) is 19.3 Å². The molecule has 0 aliphatic carbocycles. The van der Waals surface area contributed by atoms with E-state index in [1.807, 2.05) is 0 Å². The molecule has 0 saturated carbocycles. The Morgan fingerprint density at radius 1 is 0.257 bits per heavy atom. The summed E-state index contributed by atoms with van der Waals surface area (Å²) in [4.78, 5) is 38.2. The van der Waals surface area contributed by atoms with E-state index in [9.17, 15) is 14.4 Å². The summed E-state index contributed by atoms with van der Waals surface area (Å²) < 4.78 is 16.9. The van der Waals surface area contributed by atoms with Gasteiger partial charge in [0.2, 0.25) is 0 Å². The summed E-state index contributed by atoms with van der Waals surface area (Å²) in [7, 11) is 0. The van der Waals surface area contributed by atoms with Gasteiger partial charge in [-0.25, -0.2) is 0 Å². The molecule has 0 saturated heterocycles. The first kappa shape index (κ1) is 72.2. The summed E-state index contributed by atoms with van der Waals surface area (Å²) in [6.07, 6.45) is 75.3. The molecule has 0 bridgehead atoms. The molecule has 74 heavy (non-hydrogen) atoms. The summed E-state index contributed by atoms with van der Waals surface area (Å²) in [6, 6.07) is 0. The summed E-state index contributed by atoms with van der Waals surface area (Å²) in [5.41, 5.74) is 0. The van der Waals surface area contributed by atoms with Gasteiger partial charge >= 0.3 is 17.9 Å². The average molecular weight is 1040 g/mol. The fourth-order valence-electron chi connectivity index (χ4n) is 10.4. The topological polar surface area (TPSA) is 78.9 Å². The molecule has 6 heteroatoms. The van der Waals surface area contributed by atoms with Crippen LogP contribution < -0.4 is 0 Å². The average Bonchev–Trinajstić information content (AvgIpc) is 3.40. The molecule has 0 aliphatic heterocycles. The smallest absolute Gasteiger partial charge is 0.306 e. The first-order valence-electron chi connectivity index (χ1n) is 33.7. The van der Waals surface area contributed by atoms with Gasteiger partial charge in [0.1, 0.15) is 13.2 Å². The lowest BCUT2D eigenvalue weighted by atomic mass is 10.0. The Morgan fingerprint density at radius 2 is 0.446 bits per heavy atom. The second-order valence-electron chi connectivity index (χ2n) is 23.1. The van der Waals surface area contributed by atoms with E-state index >= 15 is 0 Å². The molecule has 0 aromatic heterocycles. The Kier molecular flexibility index (Phi) is 62.1. The van der Waals surface area contributed by atoms with Crippen molar-refractivity contribution in [3.63, 3.8) is 0 Å². The third kappa shape index (κ3) is 61.0. The van der Waals surface area contributed by atoms with Crippen molar-refractivity contribution in [2.24, 2.45) is 0 Å². The van der Waals surface area contributed by atoms with Gasteiger partial charge < -0.3 is 14.2 Å². The van der Waals surface area contributed by atoms with Crippen molar-refractivity contribution in [3.05, 3.63) is 12.2 Å². The van der Waals surface area contributed by atoms with Crippen LogP contribution in [0.3, 0.4) is 0 Å². The lowest BCUT2D eigenvalue weighted by Crippen LogP contribution is -2.30. The lowest BCUT2D eigenvalue weighted by Gasteiger charge is -2.18. The van der Waals surface area contributed by atoms with Crippen molar-refractivity contribution in [3.8, 4) is 0 Å². The van der Waals surface area contributed by atoms with Crippen LogP contribution in [0, 0.1) is 0 Å². The van der Waals surface area contributed by atoms with E-state index in [1.54, 1.807) is 0 Å². The maximum absolute atomic E-state index is 12.9. The summed E-state index contributed by atoms with van der Waals surface area (Å²) in [6.45, 7) is 6.70. The van der Waals surface area contributed by atoms with E-state index in [1.165, 1.54) is 289 Å². The quantitative estimate of drug-likeness (QED) is 0.0261. The Bertz CT molecular complexity index is 1150. The van der Waals surface area contributed by atoms with E-state index in [2.05, 4.69) is 32.9 Å². The van der Waals surface area contributed by atoms with Crippen LogP contribution in [0.5, 0.6) is 0 Å². The summed E-state index contributed by atoms with van der Waals surface area (Å²) >= 11 is 0. The maximum atomic E-state index is 12.9. The van der Waals surface area contributed by atoms with Crippen molar-refractivity contribution in [1.82, 2.24) is 0 Å². The molecular weight excluding hydrogens is 913 g/mol. The Morgan fingerprint density at radius 3 is 0.676 bits per heavy atom. The van der Waals surface area contributed by atoms with Gasteiger partial charge in [-0.2, -0.15) is 0 Å². The number of hydrogen-bond acceptors (Lipinski definition) is 6. The molecule has 0 spiro atoms. The fraction of sp³-hybridized carbons (Fsp3) is 0.926. The summed E-state index contributed by atoms with van der Waals surface area (Å²) in [5, 5.41) is 0. The highest BCUT2D eigenvalue weighted by atomic mass is 16.6. The third-order valence-corrected chi connectivity index (χ3v) is 15.5. The highest BCUT2D eigenvalue weighted by Crippen LogP contribution is 2.19. The molecule has 0 aliphatic rings. The first-order chi connectivity index (χ1) is 36.5. The van der Waals surface area contributed by atoms with Crippen molar-refractivity contribution < 1.29 is 28.6 Å². The number of rotatable bonds is 63. The van der Waals surface area contributed by atoms with Gasteiger partial charge in [0.15, 0.2) is 6.10 Å². The Labute approximate surface area is 462 Å². The zero-order valence-corrected chi connectivity index (χ0v) is 50.4. The minimum absolute atomic E-state index is 0.0644. The van der Waals surface area contributed by atoms with Crippen molar-refractivity contribution in [2.75, 3.05) is 13.2 Å². The van der Waals surface area contributed by atoms with Gasteiger partial charge in [0, 0.05) is 19.3 Å². The number of allylic oxidation sites excluding steroid dienone is 2. The fourth-order valence-corrected chi connectivity index (χ4v) is 10.4. The number of hydrogen-bond donors (Lipinski definition) is 0. The monoisotopic (exact) mass is 1040 g/mol. The second kappa shape index (κ2) is 63.7. The predicted molar refractivity (Wildman–Crippen MR) is 321 cm³/mol. The van der Waals surface area contributed by atoms with Crippen LogP contribution >= 0.6 is 0 Å². The second-order valence-corrected chi connectivity index (χ2v) is 23.1. The predicted octanol–water partition coefficient (Wildman–Crippen LogP) is 22.8. The Balaban J connectivity index is 4.12. The van der Waals surface area contributed by atoms with Gasteiger partial charge in [0.05, 0.1) is 0 Å². The third-order valence-electron chi connectivity index (χ3n) is 15.5. The van der Waals surface area contributed by atoms with Crippen LogP contribution in [-0.4, -0.2) is 37.2 Å². The van der Waals surface area contributed by atoms with Gasteiger partial charge in [-0.1, -0.05) is 335 Å². The minimum Gasteiger partial charge on any atom is -0.462 e. The molecule has 0 amide bonds. The lowest BCUT2D eigenvalue weighted by molar-refractivity contribution is -0.167. The molecule has 1 atom stereocenters. The number of carbonyl (C=O) groups excluding carboxylic acids is 3. The standard InChI is InChI=1S/C68H130O6/c1-4-7-10-13-16-19-22-24-26-28-30-31-32-33-34-35-36-37-39-40-42-44-46-49-52-55-58-61-67(70)73-64-65(63-72-66(69)60-57-54-51-48-21-18-15-12-9-6-3)74-68(71)62-59-56-53-50-47-45-43-41-38-29-27-25-23-20-17-14-11-8-5-2/h25,27,65H,4-24,26,28-64H2,1-3H3/b27-25-. The Hall–Kier alpha value is -1.85. The zero-order chi connectivity index (χ0) is 53.6. The highest BCUT2D eigenvalue weighted by molar-refractivity contribution is 5.71. The molecule has 1 unspecified atom stereocenters. The summed E-state index contributed by atoms with van der Waals surface area (Å²) in [5.74, 6) is -0.838. The number of carbonyl (C=O) groups is 3. The molecule has 438 valence electrons. The van der Waals surface area contributed by atoms with Crippen LogP contribution in [0.4, 0.5) is 0 Å². The molecule has 0 fully saturated rings. The van der Waals surface area contributed by atoms with Gasteiger partial charge in [-0.3, -0.25) is 14.4 Å². The van der Waals surface area contributed by atoms with Crippen LogP contribution in [0.25, 0.3) is 0 Å². The van der Waals surface area contributed by atoms with Crippen molar-refractivity contribution >= 4 is 17.9 Å². The van der Waals surface area contributed by atoms with E-state index in [4.69, 9.17) is 14.2 Å². The zero-order valence-electron chi connectivity index (χ0n) is 50.4. The van der Waals surface area contributed by atoms with Gasteiger partial charge in [0.25, 0.3) is 0 Å². The highest BCUT2D eigenvalue weighted by Gasteiger charge is 2.19. The van der Waals surface area contributed by atoms with Gasteiger partial charge in [-0.15, -0.1) is 0 Å². The molecule has 0 rings (SSSR count). The SMILES string of the molecule is CCCCCCCC/C=C\CCCCCCCCCCCC(=O)OC(COC(=O)CCCCCCCCCCCC)COC(=O)CCCCCCCCCCCCCCCCCCCCCCCCCCCCC. The van der Waals surface area contributed by atoms with E-state index in [0.717, 1.165) is 57.8 Å². The number of ether oxygens (including phenoxy) is 3. The van der Waals surface area contributed by atoms with Crippen LogP contribution in [0.15, 0.2) is 12.2 Å². The van der Waals surface area contributed by atoms with E-state index < -0.39 is 6.10 Å². The maximum Gasteiger partial charge on any atom is 0.306 e. The molecule has 0 aromatic carbocycles. The molecule has 0 aromatic rings. The number of unbranched alkanes of at least 4 members (excludes halogenated alkanes) is 50. The number of esters is 3. The van der Waals surface area contributed by atoms with Crippen LogP contribution in [0.2, 0.25) is 0 Å². The molecule has 0 radical (unpaired) electrons. The first-order valence-corrected chi connectivity index (χ1v) is 33.7. The normalized spacial score (nSPS) is 12.0. The minimum atomic E-state index is -0.766. The largest absolute Gasteiger partial charge is 0.462 e. The van der Waals surface area contributed by atoms with Crippen molar-refractivity contribution in [1.29, 1.82) is 0 Å². The van der Waals surface area contributed by atoms with Crippen LogP contribution in [-0.2, 0) is 28.6 Å². The molecule has 6 nitrogen and oxygen atoms in total. The van der Waals surface area contributed by atoms with Gasteiger partial charge in [-0.05, 0) is 44.9 Å².